The van der Waals surface area contributed by atoms with Gasteiger partial charge in [-0.15, -0.1) is 35.0 Å². The predicted molar refractivity (Wildman–Crippen MR) is 103 cm³/mol. The van der Waals surface area contributed by atoms with Gasteiger partial charge < -0.3 is 9.47 Å². The Hall–Kier alpha value is -1.24. The molecule has 1 aromatic rings. The van der Waals surface area contributed by atoms with E-state index in [2.05, 4.69) is 0 Å². The Morgan fingerprint density at radius 2 is 1.58 bits per heavy atom. The minimum Gasteiger partial charge on any atom is -0.465 e. The van der Waals surface area contributed by atoms with Gasteiger partial charge in [0.1, 0.15) is 6.61 Å². The van der Waals surface area contributed by atoms with Gasteiger partial charge in [-0.05, 0) is 26.0 Å². The summed E-state index contributed by atoms with van der Waals surface area (Å²) < 4.78 is 10.2. The van der Waals surface area contributed by atoms with Crippen molar-refractivity contribution in [2.45, 2.75) is 37.2 Å². The molecule has 0 radical (unpaired) electrons. The number of alkyl halides is 2. The zero-order valence-corrected chi connectivity index (χ0v) is 17.1. The second kappa shape index (κ2) is 11.5. The van der Waals surface area contributed by atoms with E-state index in [0.717, 1.165) is 4.90 Å². The van der Waals surface area contributed by atoms with Gasteiger partial charge in [-0.1, -0.05) is 12.1 Å². The predicted octanol–water partition coefficient (Wildman–Crippen LogP) is 4.08. The maximum absolute atomic E-state index is 12.5. The molecule has 0 amide bonds. The zero-order valence-electron chi connectivity index (χ0n) is 14.8. The van der Waals surface area contributed by atoms with Gasteiger partial charge in [0.15, 0.2) is 5.60 Å². The number of benzene rings is 1. The first-order valence-corrected chi connectivity index (χ1v) is 10.1. The maximum atomic E-state index is 12.5. The largest absolute Gasteiger partial charge is 0.465 e. The molecule has 0 unspecified atom stereocenters. The molecule has 0 heterocycles. The van der Waals surface area contributed by atoms with Gasteiger partial charge in [-0.2, -0.15) is 0 Å². The first kappa shape index (κ1) is 22.8. The van der Waals surface area contributed by atoms with Crippen LogP contribution in [-0.4, -0.2) is 47.4 Å². The number of carbonyl (C=O) groups is 3. The summed E-state index contributed by atoms with van der Waals surface area (Å²) in [6.07, 6.45) is 0.262. The van der Waals surface area contributed by atoms with Gasteiger partial charge >= 0.3 is 11.9 Å². The topological polar surface area (TPSA) is 69.7 Å². The van der Waals surface area contributed by atoms with Crippen molar-refractivity contribution in [1.29, 1.82) is 0 Å². The lowest BCUT2D eigenvalue weighted by atomic mass is 9.96. The molecule has 5 nitrogen and oxygen atoms in total. The Labute approximate surface area is 167 Å². The van der Waals surface area contributed by atoms with E-state index in [1.165, 1.54) is 11.8 Å². The molecule has 0 bridgehead atoms. The molecule has 0 aliphatic heterocycles. The summed E-state index contributed by atoms with van der Waals surface area (Å²) in [7, 11) is 0. The number of hydrogen-bond donors (Lipinski definition) is 0. The molecule has 0 aliphatic rings. The number of Topliss-reactive ketones (excluding diaryl/α,β-unsaturated/α-hetero) is 1. The van der Waals surface area contributed by atoms with Crippen molar-refractivity contribution >= 4 is 52.7 Å². The van der Waals surface area contributed by atoms with Gasteiger partial charge in [0.25, 0.3) is 0 Å². The van der Waals surface area contributed by atoms with Gasteiger partial charge in [0, 0.05) is 28.0 Å². The highest BCUT2D eigenvalue weighted by Gasteiger charge is 2.32. The summed E-state index contributed by atoms with van der Waals surface area (Å²) in [5.41, 5.74) is -0.805. The summed E-state index contributed by atoms with van der Waals surface area (Å²) in [5.74, 6) is -0.105. The number of ether oxygens (including phenoxy) is 2. The second-order valence-corrected chi connectivity index (χ2v) is 7.71. The number of halogens is 2. The molecule has 0 saturated carbocycles. The summed E-state index contributed by atoms with van der Waals surface area (Å²) >= 11 is 12.5. The molecule has 0 spiro atoms. The maximum Gasteiger partial charge on any atom is 0.307 e. The van der Waals surface area contributed by atoms with E-state index in [4.69, 9.17) is 32.7 Å². The van der Waals surface area contributed by atoms with Gasteiger partial charge in [-0.25, -0.2) is 0 Å². The number of ketones is 1. The Kier molecular flexibility index (Phi) is 10.1. The summed E-state index contributed by atoms with van der Waals surface area (Å²) in [6, 6.07) is 6.97. The number of carbonyl (C=O) groups excluding carboxylic acids is 3. The lowest BCUT2D eigenvalue weighted by Gasteiger charge is -2.23. The average molecular weight is 421 g/mol. The van der Waals surface area contributed by atoms with E-state index in [1.807, 2.05) is 0 Å². The normalized spacial score (nSPS) is 11.1. The Bertz CT molecular complexity index is 617. The monoisotopic (exact) mass is 420 g/mol. The van der Waals surface area contributed by atoms with Crippen LogP contribution in [0.5, 0.6) is 0 Å². The lowest BCUT2D eigenvalue weighted by Crippen LogP contribution is -2.37. The highest BCUT2D eigenvalue weighted by Crippen LogP contribution is 2.22. The first-order valence-electron chi connectivity index (χ1n) is 8.07. The van der Waals surface area contributed by atoms with Crippen LogP contribution in [0.25, 0.3) is 0 Å². The van der Waals surface area contributed by atoms with Crippen molar-refractivity contribution < 1.29 is 23.9 Å². The Morgan fingerprint density at radius 3 is 2.15 bits per heavy atom. The minimum atomic E-state index is -1.26. The van der Waals surface area contributed by atoms with Crippen molar-refractivity contribution in [2.75, 3.05) is 24.1 Å². The number of thioether (sulfide) groups is 1. The van der Waals surface area contributed by atoms with E-state index in [1.54, 1.807) is 38.1 Å². The molecule has 8 heteroatoms. The summed E-state index contributed by atoms with van der Waals surface area (Å²) in [5, 5.41) is 0. The summed E-state index contributed by atoms with van der Waals surface area (Å²) in [4.78, 5) is 36.2. The standard InChI is InChI=1S/C18H22Cl2O5S/c1-18(2,25-16(22)8-10-20)17(23)13-3-5-14(6-4-13)26-12-11-24-15(21)7-9-19/h3-6H,7-12H2,1-2H3. The molecule has 26 heavy (non-hydrogen) atoms. The van der Waals surface area contributed by atoms with Crippen molar-refractivity contribution in [3.8, 4) is 0 Å². The van der Waals surface area contributed by atoms with Crippen LogP contribution in [0, 0.1) is 0 Å². The molecule has 1 rings (SSSR count). The fraction of sp³-hybridized carbons (Fsp3) is 0.500. The quantitative estimate of drug-likeness (QED) is 0.176. The zero-order chi connectivity index (χ0) is 19.6. The molecule has 1 aromatic carbocycles. The lowest BCUT2D eigenvalue weighted by molar-refractivity contribution is -0.152. The Balaban J connectivity index is 2.54. The van der Waals surface area contributed by atoms with Crippen molar-refractivity contribution in [3.05, 3.63) is 29.8 Å². The van der Waals surface area contributed by atoms with Crippen LogP contribution >= 0.6 is 35.0 Å². The molecule has 144 valence electrons. The van der Waals surface area contributed by atoms with Crippen LogP contribution in [0.1, 0.15) is 37.0 Å². The average Bonchev–Trinajstić information content (AvgIpc) is 2.58. The van der Waals surface area contributed by atoms with Crippen molar-refractivity contribution in [3.63, 3.8) is 0 Å². The fourth-order valence-electron chi connectivity index (χ4n) is 1.97. The Morgan fingerprint density at radius 1 is 1.00 bits per heavy atom. The molecule has 0 aliphatic carbocycles. The van der Waals surface area contributed by atoms with Crippen LogP contribution in [0.3, 0.4) is 0 Å². The molecule has 0 atom stereocenters. The molecule has 0 saturated heterocycles. The van der Waals surface area contributed by atoms with Crippen LogP contribution < -0.4 is 0 Å². The number of hydrogen-bond acceptors (Lipinski definition) is 6. The number of esters is 2. The van der Waals surface area contributed by atoms with Gasteiger partial charge in [-0.3, -0.25) is 14.4 Å². The molecule has 0 fully saturated rings. The van der Waals surface area contributed by atoms with E-state index in [9.17, 15) is 14.4 Å². The van der Waals surface area contributed by atoms with Gasteiger partial charge in [0.2, 0.25) is 5.78 Å². The number of rotatable bonds is 11. The van der Waals surface area contributed by atoms with Crippen LogP contribution in [0.2, 0.25) is 0 Å². The van der Waals surface area contributed by atoms with Crippen molar-refractivity contribution in [2.24, 2.45) is 0 Å². The third-order valence-electron chi connectivity index (χ3n) is 3.24. The highest BCUT2D eigenvalue weighted by molar-refractivity contribution is 7.99. The molecule has 0 N–H and O–H groups in total. The molecular formula is C18H22Cl2O5S. The first-order chi connectivity index (χ1) is 12.3. The third kappa shape index (κ3) is 7.98. The minimum absolute atomic E-state index is 0.0588. The van der Waals surface area contributed by atoms with Crippen LogP contribution in [-0.2, 0) is 19.1 Å². The van der Waals surface area contributed by atoms with Crippen molar-refractivity contribution in [1.82, 2.24) is 0 Å². The third-order valence-corrected chi connectivity index (χ3v) is 4.60. The molecule has 0 aromatic heterocycles. The fourth-order valence-corrected chi connectivity index (χ4v) is 3.01. The second-order valence-electron chi connectivity index (χ2n) is 5.78. The smallest absolute Gasteiger partial charge is 0.307 e. The highest BCUT2D eigenvalue weighted by atomic mass is 35.5. The van der Waals surface area contributed by atoms with E-state index in [0.29, 0.717) is 17.9 Å². The van der Waals surface area contributed by atoms with Crippen LogP contribution in [0.4, 0.5) is 0 Å². The van der Waals surface area contributed by atoms with E-state index in [-0.39, 0.29) is 36.4 Å². The summed E-state index contributed by atoms with van der Waals surface area (Å²) in [6.45, 7) is 3.41. The SMILES string of the molecule is CC(C)(OC(=O)CCCl)C(=O)c1ccc(SCCOC(=O)CCCl)cc1. The van der Waals surface area contributed by atoms with E-state index >= 15 is 0 Å². The van der Waals surface area contributed by atoms with Gasteiger partial charge in [0.05, 0.1) is 12.8 Å². The molecular weight excluding hydrogens is 399 g/mol. The van der Waals surface area contributed by atoms with Crippen LogP contribution in [0.15, 0.2) is 29.2 Å². The van der Waals surface area contributed by atoms with E-state index < -0.39 is 11.6 Å².